The van der Waals surface area contributed by atoms with Gasteiger partial charge in [-0.2, -0.15) is 0 Å². The zero-order valence-electron chi connectivity index (χ0n) is 34.9. The van der Waals surface area contributed by atoms with Crippen LogP contribution in [0.1, 0.15) is 25.0 Å². The molecule has 63 heavy (non-hydrogen) atoms. The van der Waals surface area contributed by atoms with E-state index in [4.69, 9.17) is 15.0 Å². The molecule has 5 nitrogen and oxygen atoms in total. The van der Waals surface area contributed by atoms with Crippen molar-refractivity contribution in [2.45, 2.75) is 19.3 Å². The highest BCUT2D eigenvalue weighted by Crippen LogP contribution is 2.52. The van der Waals surface area contributed by atoms with Crippen molar-refractivity contribution < 1.29 is 0 Å². The van der Waals surface area contributed by atoms with E-state index in [1.165, 1.54) is 54.8 Å². The smallest absolute Gasteiger partial charge is 0.164 e. The number of rotatable bonds is 7. The van der Waals surface area contributed by atoms with E-state index < -0.39 is 0 Å². The van der Waals surface area contributed by atoms with Crippen LogP contribution in [0.4, 0.5) is 0 Å². The Morgan fingerprint density at radius 2 is 1.13 bits per heavy atom. The van der Waals surface area contributed by atoms with Gasteiger partial charge < -0.3 is 9.13 Å². The molecule has 0 fully saturated rings. The monoisotopic (exact) mass is 805 g/mol. The molecule has 0 aliphatic heterocycles. The SMILES string of the molecule is C=CC1=C(C=C)C(C)(C)c2c1ccc1c3ccc(-n4c5ccccc5c5ccccc54)cc3n(-c3ccc(-c4nc(-c5cc#ccc5)nc(-c5ccccc5)n4)c4ccccc34)c21. The maximum absolute atomic E-state index is 5.16. The summed E-state index contributed by atoms with van der Waals surface area (Å²) in [5.41, 5.74) is 13.9. The Morgan fingerprint density at radius 1 is 0.508 bits per heavy atom. The van der Waals surface area contributed by atoms with Crippen molar-refractivity contribution in [2.24, 2.45) is 0 Å². The van der Waals surface area contributed by atoms with Crippen LogP contribution in [-0.4, -0.2) is 24.1 Å². The first-order valence-electron chi connectivity index (χ1n) is 21.3. The third kappa shape index (κ3) is 5.35. The summed E-state index contributed by atoms with van der Waals surface area (Å²) < 4.78 is 4.91. The topological polar surface area (TPSA) is 48.5 Å². The highest BCUT2D eigenvalue weighted by molar-refractivity contribution is 6.16. The number of para-hydroxylation sites is 2. The summed E-state index contributed by atoms with van der Waals surface area (Å²) in [6.45, 7) is 13.2. The Morgan fingerprint density at radius 3 is 1.83 bits per heavy atom. The van der Waals surface area contributed by atoms with Crippen LogP contribution in [0.5, 0.6) is 0 Å². The zero-order chi connectivity index (χ0) is 42.4. The number of hydrogen-bond donors (Lipinski definition) is 0. The minimum atomic E-state index is -0.348. The van der Waals surface area contributed by atoms with E-state index in [0.717, 1.165) is 49.9 Å². The van der Waals surface area contributed by atoms with Crippen molar-refractivity contribution in [2.75, 3.05) is 0 Å². The second-order valence-corrected chi connectivity index (χ2v) is 16.7. The molecule has 0 N–H and O–H groups in total. The van der Waals surface area contributed by atoms with E-state index in [1.807, 2.05) is 60.7 Å². The third-order valence-electron chi connectivity index (χ3n) is 13.0. The highest BCUT2D eigenvalue weighted by Gasteiger charge is 2.39. The van der Waals surface area contributed by atoms with E-state index in [9.17, 15) is 0 Å². The summed E-state index contributed by atoms with van der Waals surface area (Å²) in [4.78, 5) is 15.3. The maximum Gasteiger partial charge on any atom is 0.164 e. The molecule has 0 saturated carbocycles. The van der Waals surface area contributed by atoms with Crippen LogP contribution >= 0.6 is 0 Å². The molecule has 0 atom stereocenters. The first-order chi connectivity index (χ1) is 30.9. The van der Waals surface area contributed by atoms with Gasteiger partial charge in [0.15, 0.2) is 17.5 Å². The molecule has 8 aromatic carbocycles. The number of benzene rings is 7. The second kappa shape index (κ2) is 13.9. The summed E-state index contributed by atoms with van der Waals surface area (Å²) in [6.07, 6.45) is 4.01. The van der Waals surface area contributed by atoms with Crippen molar-refractivity contribution in [3.8, 4) is 45.5 Å². The van der Waals surface area contributed by atoms with Crippen molar-refractivity contribution in [3.05, 3.63) is 218 Å². The van der Waals surface area contributed by atoms with Crippen LogP contribution < -0.4 is 0 Å². The number of allylic oxidation sites excluding steroid dienone is 4. The summed E-state index contributed by atoms with van der Waals surface area (Å²) >= 11 is 0. The maximum atomic E-state index is 5.16. The summed E-state index contributed by atoms with van der Waals surface area (Å²) in [6, 6.07) is 63.9. The van der Waals surface area contributed by atoms with E-state index >= 15 is 0 Å². The fourth-order valence-electron chi connectivity index (χ4n) is 10.2. The van der Waals surface area contributed by atoms with Crippen LogP contribution in [0, 0.1) is 12.1 Å². The lowest BCUT2D eigenvalue weighted by molar-refractivity contribution is 0.658. The van der Waals surface area contributed by atoms with Crippen LogP contribution in [0.2, 0.25) is 0 Å². The van der Waals surface area contributed by atoms with Gasteiger partial charge in [0.1, 0.15) is 0 Å². The molecule has 3 heterocycles. The Kier molecular flexibility index (Phi) is 8.03. The van der Waals surface area contributed by atoms with Gasteiger partial charge in [0.25, 0.3) is 0 Å². The lowest BCUT2D eigenvalue weighted by Gasteiger charge is -2.25. The average Bonchev–Trinajstić information content (AvgIpc) is 3.93. The van der Waals surface area contributed by atoms with E-state index in [0.29, 0.717) is 17.5 Å². The first-order valence-corrected chi connectivity index (χ1v) is 21.3. The highest BCUT2D eigenvalue weighted by atomic mass is 15.0. The molecule has 5 heteroatoms. The quantitative estimate of drug-likeness (QED) is 0.161. The third-order valence-corrected chi connectivity index (χ3v) is 13.0. The molecule has 11 aromatic rings. The predicted molar refractivity (Wildman–Crippen MR) is 260 cm³/mol. The van der Waals surface area contributed by atoms with Gasteiger partial charge in [0, 0.05) is 54.7 Å². The van der Waals surface area contributed by atoms with Crippen molar-refractivity contribution in [1.82, 2.24) is 24.1 Å². The Bertz CT molecular complexity index is 3620. The molecule has 0 amide bonds. The predicted octanol–water partition coefficient (Wildman–Crippen LogP) is 14.2. The van der Waals surface area contributed by atoms with Crippen LogP contribution in [0.3, 0.4) is 0 Å². The fourth-order valence-corrected chi connectivity index (χ4v) is 10.2. The summed E-state index contributed by atoms with van der Waals surface area (Å²) in [7, 11) is 0. The van der Waals surface area contributed by atoms with Gasteiger partial charge in [-0.05, 0) is 82.3 Å². The largest absolute Gasteiger partial charge is 0.309 e. The van der Waals surface area contributed by atoms with Crippen molar-refractivity contribution in [1.29, 1.82) is 0 Å². The molecule has 1 aliphatic carbocycles. The van der Waals surface area contributed by atoms with Crippen LogP contribution in [-0.2, 0) is 5.41 Å². The van der Waals surface area contributed by atoms with Crippen molar-refractivity contribution in [3.63, 3.8) is 0 Å². The standard InChI is InChI=1S/C58H39N5/c1-5-39-45-31-32-46-44-30-29-38(62-49-27-17-15-25-42(49)43-26-16-18-28-50(43)62)35-52(44)63(54(46)53(45)58(3,4)48(39)6-2)51-34-33-47(40-23-13-14-24-41(40)51)57-60-55(36-19-9-7-10-20-36)59-56(61-57)37-21-11-8-12-22-37/h5-7,9-11,13-35H,1-2H2,3-4H3. The fraction of sp³-hybridized carbons (Fsp3) is 0.0517. The molecular weight excluding hydrogens is 767 g/mol. The lowest BCUT2D eigenvalue weighted by Crippen LogP contribution is -2.17. The van der Waals surface area contributed by atoms with Gasteiger partial charge in [-0.3, -0.25) is 0 Å². The molecule has 1 aliphatic rings. The van der Waals surface area contributed by atoms with Gasteiger partial charge in [-0.1, -0.05) is 160 Å². The lowest BCUT2D eigenvalue weighted by atomic mass is 9.80. The Balaban J connectivity index is 1.17. The molecule has 0 spiro atoms. The first kappa shape index (κ1) is 36.5. The number of aromatic nitrogens is 5. The Labute approximate surface area is 365 Å². The zero-order valence-corrected chi connectivity index (χ0v) is 34.9. The molecule has 0 radical (unpaired) electrons. The van der Waals surface area contributed by atoms with Crippen molar-refractivity contribution >= 4 is 60.0 Å². The minimum absolute atomic E-state index is 0.348. The molecule has 3 aromatic heterocycles. The van der Waals surface area contributed by atoms with Gasteiger partial charge in [0.05, 0.1) is 27.8 Å². The second-order valence-electron chi connectivity index (χ2n) is 16.7. The van der Waals surface area contributed by atoms with Gasteiger partial charge >= 0.3 is 0 Å². The van der Waals surface area contributed by atoms with E-state index in [2.05, 4.69) is 164 Å². The summed E-state index contributed by atoms with van der Waals surface area (Å²) in [5.74, 6) is 1.79. The molecule has 0 saturated heterocycles. The van der Waals surface area contributed by atoms with E-state index in [1.54, 1.807) is 0 Å². The van der Waals surface area contributed by atoms with E-state index in [-0.39, 0.29) is 5.41 Å². The molecule has 0 bridgehead atoms. The van der Waals surface area contributed by atoms with Gasteiger partial charge in [-0.25, -0.2) is 15.0 Å². The molecular formula is C58H39N5. The van der Waals surface area contributed by atoms with Crippen LogP contribution in [0.15, 0.2) is 195 Å². The number of hydrogen-bond acceptors (Lipinski definition) is 3. The number of fused-ring (bicyclic) bond motifs is 9. The van der Waals surface area contributed by atoms with Crippen LogP contribution in [0.25, 0.3) is 105 Å². The molecule has 296 valence electrons. The molecule has 0 unspecified atom stereocenters. The number of nitrogens with zero attached hydrogens (tertiary/aromatic N) is 5. The normalized spacial score (nSPS) is 13.3. The van der Waals surface area contributed by atoms with Gasteiger partial charge in [0.2, 0.25) is 0 Å². The Hall–Kier alpha value is -8.33. The summed E-state index contributed by atoms with van der Waals surface area (Å²) in [5, 5.41) is 6.96. The molecule has 12 rings (SSSR count). The average molecular weight is 806 g/mol. The minimum Gasteiger partial charge on any atom is -0.309 e. The van der Waals surface area contributed by atoms with Gasteiger partial charge in [-0.15, -0.1) is 0 Å².